The lowest BCUT2D eigenvalue weighted by Gasteiger charge is -2.00. The van der Waals surface area contributed by atoms with Gasteiger partial charge in [-0.1, -0.05) is 49.8 Å². The lowest BCUT2D eigenvalue weighted by atomic mass is 10.1. The van der Waals surface area contributed by atoms with E-state index in [9.17, 15) is 0 Å². The third kappa shape index (κ3) is 2.86. The van der Waals surface area contributed by atoms with Crippen LogP contribution in [0.2, 0.25) is 0 Å². The third-order valence-electron chi connectivity index (χ3n) is 1.92. The van der Waals surface area contributed by atoms with Gasteiger partial charge in [0.15, 0.2) is 0 Å². The van der Waals surface area contributed by atoms with Crippen molar-refractivity contribution in [1.82, 2.24) is 0 Å². The van der Waals surface area contributed by atoms with Crippen molar-refractivity contribution in [1.29, 1.82) is 5.41 Å². The van der Waals surface area contributed by atoms with E-state index in [0.717, 1.165) is 24.0 Å². The first kappa shape index (κ1) is 9.72. The molecule has 0 atom stereocenters. The fourth-order valence-electron chi connectivity index (χ4n) is 1.19. The number of allylic oxidation sites excluding steroid dienone is 2. The van der Waals surface area contributed by atoms with Gasteiger partial charge in [-0.25, -0.2) is 0 Å². The Bertz CT molecular complexity index is 285. The molecule has 0 aliphatic carbocycles. The molecule has 0 aliphatic heterocycles. The Morgan fingerprint density at radius 1 is 1.31 bits per heavy atom. The van der Waals surface area contributed by atoms with Crippen molar-refractivity contribution < 1.29 is 0 Å². The SMILES string of the molecule is CCCC=C(C=N)c1ccccc1. The molecule has 0 unspecified atom stereocenters. The van der Waals surface area contributed by atoms with E-state index in [0.29, 0.717) is 0 Å². The fraction of sp³-hybridized carbons (Fsp3) is 0.250. The van der Waals surface area contributed by atoms with Crippen molar-refractivity contribution in [3.63, 3.8) is 0 Å². The molecule has 13 heavy (non-hydrogen) atoms. The maximum atomic E-state index is 7.28. The van der Waals surface area contributed by atoms with Crippen molar-refractivity contribution in [2.24, 2.45) is 0 Å². The maximum Gasteiger partial charge on any atom is 0.0253 e. The second kappa shape index (κ2) is 5.31. The molecule has 1 aromatic rings. The van der Waals surface area contributed by atoms with E-state index in [1.807, 2.05) is 30.3 Å². The monoisotopic (exact) mass is 173 g/mol. The molecule has 1 nitrogen and oxygen atoms in total. The van der Waals surface area contributed by atoms with Crippen molar-refractivity contribution in [2.75, 3.05) is 0 Å². The number of hydrogen-bond acceptors (Lipinski definition) is 1. The number of benzene rings is 1. The molecule has 0 spiro atoms. The Labute approximate surface area is 79.6 Å². The number of rotatable bonds is 4. The van der Waals surface area contributed by atoms with Gasteiger partial charge in [0.1, 0.15) is 0 Å². The Morgan fingerprint density at radius 3 is 2.54 bits per heavy atom. The van der Waals surface area contributed by atoms with Crippen molar-refractivity contribution in [2.45, 2.75) is 19.8 Å². The average Bonchev–Trinajstić information content (AvgIpc) is 2.21. The first-order valence-electron chi connectivity index (χ1n) is 4.64. The summed E-state index contributed by atoms with van der Waals surface area (Å²) < 4.78 is 0. The first-order chi connectivity index (χ1) is 6.38. The third-order valence-corrected chi connectivity index (χ3v) is 1.92. The minimum atomic E-state index is 1.02. The topological polar surface area (TPSA) is 23.9 Å². The molecule has 0 bridgehead atoms. The minimum absolute atomic E-state index is 1.02. The molecule has 0 saturated carbocycles. The standard InChI is InChI=1S/C12H15N/c1-2-3-7-12(10-13)11-8-5-4-6-9-11/h4-10,13H,2-3H2,1H3. The molecular weight excluding hydrogens is 158 g/mol. The highest BCUT2D eigenvalue weighted by Crippen LogP contribution is 2.12. The van der Waals surface area contributed by atoms with Crippen LogP contribution in [0.4, 0.5) is 0 Å². The van der Waals surface area contributed by atoms with Crippen molar-refractivity contribution in [3.05, 3.63) is 42.0 Å². The summed E-state index contributed by atoms with van der Waals surface area (Å²) in [6, 6.07) is 10.1. The summed E-state index contributed by atoms with van der Waals surface area (Å²) in [5.41, 5.74) is 2.15. The summed E-state index contributed by atoms with van der Waals surface area (Å²) in [5, 5.41) is 7.28. The molecule has 0 aromatic heterocycles. The van der Waals surface area contributed by atoms with Gasteiger partial charge in [-0.2, -0.15) is 0 Å². The highest BCUT2D eigenvalue weighted by atomic mass is 14.3. The van der Waals surface area contributed by atoms with Gasteiger partial charge in [-0.3, -0.25) is 0 Å². The van der Waals surface area contributed by atoms with Crippen molar-refractivity contribution >= 4 is 11.8 Å². The van der Waals surface area contributed by atoms with Gasteiger partial charge in [0, 0.05) is 6.21 Å². The van der Waals surface area contributed by atoms with E-state index in [1.165, 1.54) is 6.21 Å². The lowest BCUT2D eigenvalue weighted by molar-refractivity contribution is 0.961. The highest BCUT2D eigenvalue weighted by Gasteiger charge is 1.94. The molecule has 0 aliphatic rings. The predicted octanol–water partition coefficient (Wildman–Crippen LogP) is 3.52. The molecule has 0 saturated heterocycles. The number of nitrogens with one attached hydrogen (secondary N) is 1. The molecule has 0 amide bonds. The summed E-state index contributed by atoms with van der Waals surface area (Å²) in [6.07, 6.45) is 5.71. The summed E-state index contributed by atoms with van der Waals surface area (Å²) >= 11 is 0. The van der Waals surface area contributed by atoms with Crippen LogP contribution < -0.4 is 0 Å². The molecule has 1 rings (SSSR count). The highest BCUT2D eigenvalue weighted by molar-refractivity contribution is 6.08. The summed E-state index contributed by atoms with van der Waals surface area (Å²) in [6.45, 7) is 2.14. The zero-order valence-corrected chi connectivity index (χ0v) is 7.96. The minimum Gasteiger partial charge on any atom is -0.308 e. The Kier molecular flexibility index (Phi) is 3.97. The quantitative estimate of drug-likeness (QED) is 0.674. The van der Waals surface area contributed by atoms with Crippen LogP contribution in [0.1, 0.15) is 25.3 Å². The molecular formula is C12H15N. The van der Waals surface area contributed by atoms with Crippen LogP contribution >= 0.6 is 0 Å². The normalized spacial score (nSPS) is 11.3. The molecule has 1 heteroatoms. The second-order valence-electron chi connectivity index (χ2n) is 2.96. The molecule has 68 valence electrons. The van der Waals surface area contributed by atoms with Gasteiger partial charge in [0.2, 0.25) is 0 Å². The molecule has 1 N–H and O–H groups in total. The predicted molar refractivity (Wildman–Crippen MR) is 58.1 cm³/mol. The van der Waals surface area contributed by atoms with Crippen LogP contribution in [0.5, 0.6) is 0 Å². The Morgan fingerprint density at radius 2 is 2.00 bits per heavy atom. The van der Waals surface area contributed by atoms with Crippen LogP contribution in [0.25, 0.3) is 5.57 Å². The molecule has 1 aromatic carbocycles. The van der Waals surface area contributed by atoms with Crippen molar-refractivity contribution in [3.8, 4) is 0 Å². The van der Waals surface area contributed by atoms with E-state index >= 15 is 0 Å². The van der Waals surface area contributed by atoms with Crippen LogP contribution in [0, 0.1) is 5.41 Å². The smallest absolute Gasteiger partial charge is 0.0253 e. The van der Waals surface area contributed by atoms with Crippen LogP contribution in [-0.4, -0.2) is 6.21 Å². The maximum absolute atomic E-state index is 7.28. The number of unbranched alkanes of at least 4 members (excludes halogenated alkanes) is 1. The van der Waals surface area contributed by atoms with E-state index in [-0.39, 0.29) is 0 Å². The van der Waals surface area contributed by atoms with E-state index in [4.69, 9.17) is 5.41 Å². The molecule has 0 fully saturated rings. The van der Waals surface area contributed by atoms with Gasteiger partial charge >= 0.3 is 0 Å². The second-order valence-corrected chi connectivity index (χ2v) is 2.96. The fourth-order valence-corrected chi connectivity index (χ4v) is 1.19. The average molecular weight is 173 g/mol. The van der Waals surface area contributed by atoms with Gasteiger partial charge < -0.3 is 5.41 Å². The first-order valence-corrected chi connectivity index (χ1v) is 4.64. The zero-order valence-electron chi connectivity index (χ0n) is 7.96. The summed E-state index contributed by atoms with van der Waals surface area (Å²) in [5.74, 6) is 0. The Hall–Kier alpha value is -1.37. The van der Waals surface area contributed by atoms with Gasteiger partial charge in [0.25, 0.3) is 0 Å². The van der Waals surface area contributed by atoms with Gasteiger partial charge in [-0.15, -0.1) is 0 Å². The largest absolute Gasteiger partial charge is 0.308 e. The Balaban J connectivity index is 2.84. The van der Waals surface area contributed by atoms with E-state index < -0.39 is 0 Å². The van der Waals surface area contributed by atoms with Crippen LogP contribution in [0.3, 0.4) is 0 Å². The number of hydrogen-bond donors (Lipinski definition) is 1. The molecule has 0 heterocycles. The summed E-state index contributed by atoms with van der Waals surface area (Å²) in [4.78, 5) is 0. The van der Waals surface area contributed by atoms with Crippen LogP contribution in [-0.2, 0) is 0 Å². The molecule has 0 radical (unpaired) electrons. The van der Waals surface area contributed by atoms with E-state index in [1.54, 1.807) is 0 Å². The van der Waals surface area contributed by atoms with Gasteiger partial charge in [-0.05, 0) is 17.6 Å². The summed E-state index contributed by atoms with van der Waals surface area (Å²) in [7, 11) is 0. The van der Waals surface area contributed by atoms with E-state index in [2.05, 4.69) is 13.0 Å². The lowest BCUT2D eigenvalue weighted by Crippen LogP contribution is -1.84. The zero-order chi connectivity index (χ0) is 9.52. The van der Waals surface area contributed by atoms with Gasteiger partial charge in [0.05, 0.1) is 0 Å². The van der Waals surface area contributed by atoms with Crippen LogP contribution in [0.15, 0.2) is 36.4 Å².